The van der Waals surface area contributed by atoms with Gasteiger partial charge in [0.25, 0.3) is 11.8 Å². The fourth-order valence-electron chi connectivity index (χ4n) is 4.21. The smallest absolute Gasteiger partial charge is 0.278 e. The number of anilines is 1. The van der Waals surface area contributed by atoms with E-state index in [0.29, 0.717) is 41.3 Å². The standard InChI is InChI=1S/C26H31N3O5/c1-18-5-7-19(8-6-18)23-24(27-21-17-20(32-2)9-10-22(21)33-3)26(31)29(25(23)30)12-4-11-28-13-15-34-16-14-28/h5-10,17,27H,4,11-16H2,1-3H3. The minimum absolute atomic E-state index is 0.242. The second-order valence-electron chi connectivity index (χ2n) is 8.38. The first-order valence-electron chi connectivity index (χ1n) is 11.5. The van der Waals surface area contributed by atoms with Gasteiger partial charge in [-0.25, -0.2) is 0 Å². The molecule has 0 aromatic heterocycles. The predicted octanol–water partition coefficient (Wildman–Crippen LogP) is 2.93. The lowest BCUT2D eigenvalue weighted by Gasteiger charge is -2.27. The van der Waals surface area contributed by atoms with Crippen molar-refractivity contribution < 1.29 is 23.8 Å². The van der Waals surface area contributed by atoms with Crippen LogP contribution in [-0.4, -0.2) is 75.2 Å². The second-order valence-corrected chi connectivity index (χ2v) is 8.38. The van der Waals surface area contributed by atoms with Crippen molar-refractivity contribution in [3.05, 3.63) is 59.3 Å². The lowest BCUT2D eigenvalue weighted by atomic mass is 10.0. The van der Waals surface area contributed by atoms with Crippen molar-refractivity contribution in [1.82, 2.24) is 9.80 Å². The molecule has 2 aromatic rings. The molecule has 8 nitrogen and oxygen atoms in total. The van der Waals surface area contributed by atoms with Crippen LogP contribution in [-0.2, 0) is 14.3 Å². The summed E-state index contributed by atoms with van der Waals surface area (Å²) in [7, 11) is 3.13. The number of morpholine rings is 1. The van der Waals surface area contributed by atoms with Gasteiger partial charge in [0, 0.05) is 32.2 Å². The Morgan fingerprint density at radius 2 is 1.68 bits per heavy atom. The zero-order valence-corrected chi connectivity index (χ0v) is 19.9. The Labute approximate surface area is 200 Å². The third-order valence-corrected chi connectivity index (χ3v) is 6.13. The van der Waals surface area contributed by atoms with Crippen LogP contribution in [0.4, 0.5) is 5.69 Å². The summed E-state index contributed by atoms with van der Waals surface area (Å²) in [4.78, 5) is 30.6. The predicted molar refractivity (Wildman–Crippen MR) is 130 cm³/mol. The van der Waals surface area contributed by atoms with Gasteiger partial charge in [-0.3, -0.25) is 19.4 Å². The maximum atomic E-state index is 13.5. The highest BCUT2D eigenvalue weighted by Crippen LogP contribution is 2.35. The first-order chi connectivity index (χ1) is 16.5. The number of hydrogen-bond donors (Lipinski definition) is 1. The zero-order chi connectivity index (χ0) is 24.1. The molecule has 2 amide bonds. The van der Waals surface area contributed by atoms with Gasteiger partial charge in [-0.2, -0.15) is 0 Å². The SMILES string of the molecule is COc1ccc(OC)c(NC2=C(c3ccc(C)cc3)C(=O)N(CCCN3CCOCC3)C2=O)c1. The Hall–Kier alpha value is -3.36. The number of rotatable bonds is 9. The van der Waals surface area contributed by atoms with E-state index in [2.05, 4.69) is 10.2 Å². The number of methoxy groups -OCH3 is 2. The van der Waals surface area contributed by atoms with E-state index in [-0.39, 0.29) is 17.5 Å². The molecule has 0 spiro atoms. The van der Waals surface area contributed by atoms with E-state index in [1.165, 1.54) is 4.90 Å². The van der Waals surface area contributed by atoms with Crippen molar-refractivity contribution in [2.45, 2.75) is 13.3 Å². The van der Waals surface area contributed by atoms with Crippen molar-refractivity contribution in [2.24, 2.45) is 0 Å². The molecule has 0 aliphatic carbocycles. The summed E-state index contributed by atoms with van der Waals surface area (Å²) in [5.41, 5.74) is 2.93. The number of amides is 2. The average Bonchev–Trinajstić information content (AvgIpc) is 3.09. The van der Waals surface area contributed by atoms with Gasteiger partial charge in [-0.1, -0.05) is 29.8 Å². The first kappa shape index (κ1) is 23.8. The maximum Gasteiger partial charge on any atom is 0.278 e. The number of ether oxygens (including phenoxy) is 3. The fraction of sp³-hybridized carbons (Fsp3) is 0.385. The molecule has 1 N–H and O–H groups in total. The van der Waals surface area contributed by atoms with Crippen LogP contribution in [0.15, 0.2) is 48.2 Å². The third kappa shape index (κ3) is 5.08. The summed E-state index contributed by atoms with van der Waals surface area (Å²) in [5, 5.41) is 3.18. The Morgan fingerprint density at radius 1 is 0.941 bits per heavy atom. The Kier molecular flexibility index (Phi) is 7.49. The number of benzene rings is 2. The molecular formula is C26H31N3O5. The monoisotopic (exact) mass is 465 g/mol. The number of carbonyl (C=O) groups excluding carboxylic acids is 2. The number of nitrogens with zero attached hydrogens (tertiary/aromatic N) is 2. The van der Waals surface area contributed by atoms with Crippen molar-refractivity contribution in [3.8, 4) is 11.5 Å². The Bertz CT molecular complexity index is 1070. The van der Waals surface area contributed by atoms with Gasteiger partial charge >= 0.3 is 0 Å². The van der Waals surface area contributed by atoms with Crippen molar-refractivity contribution in [1.29, 1.82) is 0 Å². The molecule has 1 saturated heterocycles. The van der Waals surface area contributed by atoms with E-state index in [4.69, 9.17) is 14.2 Å². The molecule has 2 aromatic carbocycles. The van der Waals surface area contributed by atoms with Crippen LogP contribution in [0.5, 0.6) is 11.5 Å². The lowest BCUT2D eigenvalue weighted by molar-refractivity contribution is -0.136. The summed E-state index contributed by atoms with van der Waals surface area (Å²) >= 11 is 0. The Morgan fingerprint density at radius 3 is 2.35 bits per heavy atom. The van der Waals surface area contributed by atoms with E-state index in [9.17, 15) is 9.59 Å². The molecule has 1 fully saturated rings. The molecule has 4 rings (SSSR count). The second kappa shape index (κ2) is 10.7. The van der Waals surface area contributed by atoms with Gasteiger partial charge in [0.2, 0.25) is 0 Å². The molecule has 2 aliphatic rings. The highest BCUT2D eigenvalue weighted by atomic mass is 16.5. The molecule has 8 heteroatoms. The summed E-state index contributed by atoms with van der Waals surface area (Å²) < 4.78 is 16.2. The summed E-state index contributed by atoms with van der Waals surface area (Å²) in [6.45, 7) is 6.33. The molecule has 2 aliphatic heterocycles. The van der Waals surface area contributed by atoms with E-state index in [1.54, 1.807) is 32.4 Å². The van der Waals surface area contributed by atoms with Crippen molar-refractivity contribution in [3.63, 3.8) is 0 Å². The molecule has 0 atom stereocenters. The zero-order valence-electron chi connectivity index (χ0n) is 19.9. The van der Waals surface area contributed by atoms with Crippen LogP contribution >= 0.6 is 0 Å². The number of hydrogen-bond acceptors (Lipinski definition) is 7. The fourth-order valence-corrected chi connectivity index (χ4v) is 4.21. The van der Waals surface area contributed by atoms with Gasteiger partial charge in [-0.05, 0) is 31.0 Å². The van der Waals surface area contributed by atoms with Gasteiger partial charge in [0.1, 0.15) is 17.2 Å². The first-order valence-corrected chi connectivity index (χ1v) is 11.5. The summed E-state index contributed by atoms with van der Waals surface area (Å²) in [6, 6.07) is 12.9. The molecule has 0 saturated carbocycles. The van der Waals surface area contributed by atoms with Gasteiger partial charge in [-0.15, -0.1) is 0 Å². The maximum absolute atomic E-state index is 13.5. The van der Waals surface area contributed by atoms with Crippen LogP contribution in [0, 0.1) is 6.92 Å². The molecule has 34 heavy (non-hydrogen) atoms. The summed E-state index contributed by atoms with van der Waals surface area (Å²) in [6.07, 6.45) is 0.703. The van der Waals surface area contributed by atoms with E-state index in [0.717, 1.165) is 38.4 Å². The molecule has 0 radical (unpaired) electrons. The normalized spacial score (nSPS) is 16.9. The van der Waals surface area contributed by atoms with Crippen LogP contribution in [0.1, 0.15) is 17.5 Å². The van der Waals surface area contributed by atoms with Gasteiger partial charge in [0.15, 0.2) is 0 Å². The third-order valence-electron chi connectivity index (χ3n) is 6.13. The minimum Gasteiger partial charge on any atom is -0.497 e. The van der Waals surface area contributed by atoms with Crippen LogP contribution in [0.3, 0.4) is 0 Å². The summed E-state index contributed by atoms with van der Waals surface area (Å²) in [5.74, 6) is 0.523. The van der Waals surface area contributed by atoms with Crippen molar-refractivity contribution in [2.75, 3.05) is 58.9 Å². The molecule has 180 valence electrons. The molecule has 2 heterocycles. The minimum atomic E-state index is -0.340. The topological polar surface area (TPSA) is 80.3 Å². The number of carbonyl (C=O) groups is 2. The van der Waals surface area contributed by atoms with E-state index < -0.39 is 0 Å². The quantitative estimate of drug-likeness (QED) is 0.571. The number of imide groups is 1. The van der Waals surface area contributed by atoms with Crippen molar-refractivity contribution >= 4 is 23.1 Å². The number of nitrogens with one attached hydrogen (secondary N) is 1. The van der Waals surface area contributed by atoms with Crippen LogP contribution < -0.4 is 14.8 Å². The van der Waals surface area contributed by atoms with Crippen LogP contribution in [0.2, 0.25) is 0 Å². The average molecular weight is 466 g/mol. The highest BCUT2D eigenvalue weighted by Gasteiger charge is 2.39. The largest absolute Gasteiger partial charge is 0.497 e. The van der Waals surface area contributed by atoms with Gasteiger partial charge in [0.05, 0.1) is 38.7 Å². The molecule has 0 unspecified atom stereocenters. The molecular weight excluding hydrogens is 434 g/mol. The Balaban J connectivity index is 1.61. The highest BCUT2D eigenvalue weighted by molar-refractivity contribution is 6.36. The van der Waals surface area contributed by atoms with Crippen LogP contribution in [0.25, 0.3) is 5.57 Å². The number of aryl methyl sites for hydroxylation is 1. The lowest BCUT2D eigenvalue weighted by Crippen LogP contribution is -2.39. The molecule has 0 bridgehead atoms. The van der Waals surface area contributed by atoms with E-state index >= 15 is 0 Å². The van der Waals surface area contributed by atoms with Gasteiger partial charge < -0.3 is 19.5 Å². The van der Waals surface area contributed by atoms with E-state index in [1.807, 2.05) is 31.2 Å².